The van der Waals surface area contributed by atoms with Crippen molar-refractivity contribution in [2.24, 2.45) is 17.6 Å². The zero-order valence-electron chi connectivity index (χ0n) is 14.1. The summed E-state index contributed by atoms with van der Waals surface area (Å²) in [7, 11) is 0. The van der Waals surface area contributed by atoms with E-state index in [1.165, 1.54) is 6.20 Å². The second-order valence-electron chi connectivity index (χ2n) is 6.93. The number of amides is 3. The SMILES string of the molecule is CC(C)CN1C[C@@H](C(=O)N2CCn3c(C(N)=O)cnc3C2)CC1=O. The lowest BCUT2D eigenvalue weighted by Gasteiger charge is -2.30. The zero-order valence-corrected chi connectivity index (χ0v) is 14.1. The van der Waals surface area contributed by atoms with Gasteiger partial charge in [0, 0.05) is 32.6 Å². The molecule has 2 aliphatic heterocycles. The van der Waals surface area contributed by atoms with E-state index in [2.05, 4.69) is 18.8 Å². The number of imidazole rings is 1. The smallest absolute Gasteiger partial charge is 0.266 e. The van der Waals surface area contributed by atoms with E-state index in [0.29, 0.717) is 50.2 Å². The predicted molar refractivity (Wildman–Crippen MR) is 85.7 cm³/mol. The van der Waals surface area contributed by atoms with Gasteiger partial charge in [0.25, 0.3) is 5.91 Å². The third-order valence-corrected chi connectivity index (χ3v) is 4.58. The van der Waals surface area contributed by atoms with Crippen LogP contribution in [0, 0.1) is 11.8 Å². The maximum atomic E-state index is 12.7. The molecule has 8 nitrogen and oxygen atoms in total. The number of aromatic nitrogens is 2. The molecule has 0 unspecified atom stereocenters. The largest absolute Gasteiger partial charge is 0.364 e. The van der Waals surface area contributed by atoms with Crippen molar-refractivity contribution in [2.45, 2.75) is 33.4 Å². The summed E-state index contributed by atoms with van der Waals surface area (Å²) in [6, 6.07) is 0. The molecule has 3 rings (SSSR count). The number of nitrogens with two attached hydrogens (primary N) is 1. The predicted octanol–water partition coefficient (Wildman–Crippen LogP) is -0.171. The Bertz CT molecular complexity index is 681. The lowest BCUT2D eigenvalue weighted by Crippen LogP contribution is -2.43. The highest BCUT2D eigenvalue weighted by Crippen LogP contribution is 2.23. The highest BCUT2D eigenvalue weighted by Gasteiger charge is 2.37. The average Bonchev–Trinajstić information content (AvgIpc) is 3.09. The minimum absolute atomic E-state index is 0.00974. The number of primary amides is 1. The molecule has 24 heavy (non-hydrogen) atoms. The van der Waals surface area contributed by atoms with E-state index in [1.54, 1.807) is 14.4 Å². The number of carbonyl (C=O) groups excluding carboxylic acids is 3. The van der Waals surface area contributed by atoms with E-state index in [0.717, 1.165) is 0 Å². The number of likely N-dealkylation sites (tertiary alicyclic amines) is 1. The molecule has 2 N–H and O–H groups in total. The number of carbonyl (C=O) groups is 3. The van der Waals surface area contributed by atoms with Crippen molar-refractivity contribution in [3.8, 4) is 0 Å². The number of fused-ring (bicyclic) bond motifs is 1. The van der Waals surface area contributed by atoms with Gasteiger partial charge in [-0.05, 0) is 5.92 Å². The van der Waals surface area contributed by atoms with Gasteiger partial charge in [-0.1, -0.05) is 13.8 Å². The maximum Gasteiger partial charge on any atom is 0.266 e. The molecule has 2 aliphatic rings. The molecule has 1 aromatic heterocycles. The Morgan fingerprint density at radius 1 is 1.38 bits per heavy atom. The fourth-order valence-electron chi connectivity index (χ4n) is 3.46. The molecule has 1 atom stereocenters. The molecule has 1 saturated heterocycles. The van der Waals surface area contributed by atoms with Crippen LogP contribution in [0.15, 0.2) is 6.20 Å². The van der Waals surface area contributed by atoms with Crippen LogP contribution in [0.1, 0.15) is 36.6 Å². The molecule has 8 heteroatoms. The van der Waals surface area contributed by atoms with Crippen molar-refractivity contribution >= 4 is 17.7 Å². The Kier molecular flexibility index (Phi) is 4.29. The van der Waals surface area contributed by atoms with Crippen LogP contribution in [0.5, 0.6) is 0 Å². The standard InChI is InChI=1S/C16H23N5O3/c1-10(2)7-20-8-11(5-14(20)22)16(24)19-3-4-21-12(15(17)23)6-18-13(21)9-19/h6,10-11H,3-5,7-9H2,1-2H3,(H2,17,23)/t11-/m0/s1. The van der Waals surface area contributed by atoms with Crippen LogP contribution in [0.3, 0.4) is 0 Å². The summed E-state index contributed by atoms with van der Waals surface area (Å²) >= 11 is 0. The molecule has 130 valence electrons. The minimum atomic E-state index is -0.515. The van der Waals surface area contributed by atoms with Crippen molar-refractivity contribution in [1.82, 2.24) is 19.4 Å². The van der Waals surface area contributed by atoms with Gasteiger partial charge in [-0.2, -0.15) is 0 Å². The first kappa shape index (κ1) is 16.5. The maximum absolute atomic E-state index is 12.7. The van der Waals surface area contributed by atoms with E-state index < -0.39 is 5.91 Å². The number of hydrogen-bond acceptors (Lipinski definition) is 4. The lowest BCUT2D eigenvalue weighted by atomic mass is 10.1. The molecular weight excluding hydrogens is 310 g/mol. The van der Waals surface area contributed by atoms with Gasteiger partial charge in [-0.25, -0.2) is 4.98 Å². The summed E-state index contributed by atoms with van der Waals surface area (Å²) < 4.78 is 1.76. The Labute approximate surface area is 140 Å². The van der Waals surface area contributed by atoms with E-state index in [1.807, 2.05) is 0 Å². The third-order valence-electron chi connectivity index (χ3n) is 4.58. The van der Waals surface area contributed by atoms with E-state index in [-0.39, 0.29) is 24.2 Å². The number of hydrogen-bond donors (Lipinski definition) is 1. The molecule has 0 aliphatic carbocycles. The van der Waals surface area contributed by atoms with E-state index >= 15 is 0 Å². The van der Waals surface area contributed by atoms with Gasteiger partial charge >= 0.3 is 0 Å². The molecule has 0 bridgehead atoms. The number of nitrogens with zero attached hydrogens (tertiary/aromatic N) is 4. The molecule has 1 fully saturated rings. The first-order valence-electron chi connectivity index (χ1n) is 8.27. The van der Waals surface area contributed by atoms with Gasteiger partial charge < -0.3 is 20.1 Å². The highest BCUT2D eigenvalue weighted by molar-refractivity contribution is 5.91. The van der Waals surface area contributed by atoms with Crippen LogP contribution in [0.4, 0.5) is 0 Å². The molecule has 3 amide bonds. The van der Waals surface area contributed by atoms with Crippen LogP contribution in [-0.4, -0.2) is 56.7 Å². The minimum Gasteiger partial charge on any atom is -0.364 e. The van der Waals surface area contributed by atoms with Gasteiger partial charge in [0.1, 0.15) is 11.5 Å². The van der Waals surface area contributed by atoms with Crippen LogP contribution < -0.4 is 5.73 Å². The second kappa shape index (κ2) is 6.26. The first-order chi connectivity index (χ1) is 11.4. The summed E-state index contributed by atoms with van der Waals surface area (Å²) in [6.45, 7) is 6.64. The lowest BCUT2D eigenvalue weighted by molar-refractivity contribution is -0.137. The molecule has 0 saturated carbocycles. The molecular formula is C16H23N5O3. The third kappa shape index (κ3) is 3.00. The Morgan fingerprint density at radius 2 is 2.12 bits per heavy atom. The molecule has 0 aromatic carbocycles. The molecule has 3 heterocycles. The highest BCUT2D eigenvalue weighted by atomic mass is 16.2. The van der Waals surface area contributed by atoms with Crippen LogP contribution in [0.2, 0.25) is 0 Å². The van der Waals surface area contributed by atoms with Crippen molar-refractivity contribution in [1.29, 1.82) is 0 Å². The topological polar surface area (TPSA) is 102 Å². The van der Waals surface area contributed by atoms with Crippen molar-refractivity contribution < 1.29 is 14.4 Å². The normalized spacial score (nSPS) is 20.6. The van der Waals surface area contributed by atoms with Crippen LogP contribution >= 0.6 is 0 Å². The fourth-order valence-corrected chi connectivity index (χ4v) is 3.46. The second-order valence-corrected chi connectivity index (χ2v) is 6.93. The quantitative estimate of drug-likeness (QED) is 0.826. The van der Waals surface area contributed by atoms with E-state index in [4.69, 9.17) is 5.73 Å². The van der Waals surface area contributed by atoms with Crippen molar-refractivity contribution in [3.63, 3.8) is 0 Å². The molecule has 0 spiro atoms. The summed E-state index contributed by atoms with van der Waals surface area (Å²) in [6.07, 6.45) is 1.73. The fraction of sp³-hybridized carbons (Fsp3) is 0.625. The Morgan fingerprint density at radius 3 is 2.79 bits per heavy atom. The zero-order chi connectivity index (χ0) is 17.4. The van der Waals surface area contributed by atoms with Crippen LogP contribution in [0.25, 0.3) is 0 Å². The van der Waals surface area contributed by atoms with Gasteiger partial charge in [0.2, 0.25) is 11.8 Å². The van der Waals surface area contributed by atoms with E-state index in [9.17, 15) is 14.4 Å². The average molecular weight is 333 g/mol. The van der Waals surface area contributed by atoms with Gasteiger partial charge in [-0.15, -0.1) is 0 Å². The monoisotopic (exact) mass is 333 g/mol. The van der Waals surface area contributed by atoms with Gasteiger partial charge in [-0.3, -0.25) is 14.4 Å². The van der Waals surface area contributed by atoms with Crippen LogP contribution in [-0.2, 0) is 22.7 Å². The van der Waals surface area contributed by atoms with Gasteiger partial charge in [0.05, 0.1) is 18.7 Å². The summed E-state index contributed by atoms with van der Waals surface area (Å²) in [4.78, 5) is 43.9. The van der Waals surface area contributed by atoms with Gasteiger partial charge in [0.15, 0.2) is 0 Å². The first-order valence-corrected chi connectivity index (χ1v) is 8.27. The summed E-state index contributed by atoms with van der Waals surface area (Å²) in [5, 5.41) is 0. The Hall–Kier alpha value is -2.38. The molecule has 0 radical (unpaired) electrons. The van der Waals surface area contributed by atoms with Crippen molar-refractivity contribution in [2.75, 3.05) is 19.6 Å². The summed E-state index contributed by atoms with van der Waals surface area (Å²) in [5.41, 5.74) is 5.69. The van der Waals surface area contributed by atoms with Crippen molar-refractivity contribution in [3.05, 3.63) is 17.7 Å². The molecule has 1 aromatic rings. The Balaban J connectivity index is 1.67. The number of rotatable bonds is 4. The summed E-state index contributed by atoms with van der Waals surface area (Å²) in [5.74, 6) is 0.290.